The first-order valence-corrected chi connectivity index (χ1v) is 6.63. The molecule has 0 saturated carbocycles. The number of nitrogens with zero attached hydrogens (tertiary/aromatic N) is 1. The van der Waals surface area contributed by atoms with E-state index >= 15 is 0 Å². The number of fused-ring (bicyclic) bond motifs is 1. The molecular formula is C12H14N2O2S. The van der Waals surface area contributed by atoms with Crippen molar-refractivity contribution in [1.29, 1.82) is 0 Å². The second-order valence-corrected chi connectivity index (χ2v) is 5.80. The number of anilines is 1. The molecule has 90 valence electrons. The van der Waals surface area contributed by atoms with Gasteiger partial charge in [-0.05, 0) is 11.5 Å². The lowest BCUT2D eigenvalue weighted by Gasteiger charge is -2.14. The topological polar surface area (TPSA) is 49.4 Å². The van der Waals surface area contributed by atoms with E-state index in [-0.39, 0.29) is 0 Å². The molecule has 0 fully saturated rings. The highest BCUT2D eigenvalue weighted by Gasteiger charge is 2.13. The van der Waals surface area contributed by atoms with Crippen LogP contribution in [0.5, 0.6) is 0 Å². The van der Waals surface area contributed by atoms with Crippen molar-refractivity contribution in [3.8, 4) is 0 Å². The molecule has 0 aliphatic heterocycles. The molecule has 0 amide bonds. The van der Waals surface area contributed by atoms with E-state index in [2.05, 4.69) is 4.72 Å². The van der Waals surface area contributed by atoms with Crippen LogP contribution in [0.1, 0.15) is 0 Å². The standard InChI is InChI=1S/C12H14N2O2S/c1-14(2)17(15,16)13-12-9-5-7-10-6-3-4-8-11(10)12/h3-9,13H,1-2H3. The maximum atomic E-state index is 11.8. The van der Waals surface area contributed by atoms with Crippen molar-refractivity contribution >= 4 is 26.7 Å². The maximum Gasteiger partial charge on any atom is 0.301 e. The fraction of sp³-hybridized carbons (Fsp3) is 0.167. The zero-order chi connectivity index (χ0) is 12.5. The first-order chi connectivity index (χ1) is 8.00. The molecule has 0 atom stereocenters. The highest BCUT2D eigenvalue weighted by molar-refractivity contribution is 7.90. The van der Waals surface area contributed by atoms with Gasteiger partial charge in [-0.25, -0.2) is 0 Å². The maximum absolute atomic E-state index is 11.8. The van der Waals surface area contributed by atoms with Crippen LogP contribution in [0.15, 0.2) is 42.5 Å². The van der Waals surface area contributed by atoms with Crippen LogP contribution in [0.2, 0.25) is 0 Å². The molecule has 0 unspecified atom stereocenters. The summed E-state index contributed by atoms with van der Waals surface area (Å²) >= 11 is 0. The van der Waals surface area contributed by atoms with Crippen LogP contribution >= 0.6 is 0 Å². The number of benzene rings is 2. The van der Waals surface area contributed by atoms with Crippen LogP contribution in [-0.4, -0.2) is 26.8 Å². The molecule has 1 N–H and O–H groups in total. The highest BCUT2D eigenvalue weighted by atomic mass is 32.2. The van der Waals surface area contributed by atoms with Crippen LogP contribution in [0.3, 0.4) is 0 Å². The second-order valence-electron chi connectivity index (χ2n) is 3.92. The first-order valence-electron chi connectivity index (χ1n) is 5.19. The van der Waals surface area contributed by atoms with Crippen molar-refractivity contribution in [3.05, 3.63) is 42.5 Å². The molecule has 0 aliphatic carbocycles. The van der Waals surface area contributed by atoms with E-state index in [4.69, 9.17) is 0 Å². The van der Waals surface area contributed by atoms with E-state index in [1.165, 1.54) is 14.1 Å². The Hall–Kier alpha value is -1.59. The summed E-state index contributed by atoms with van der Waals surface area (Å²) in [5.41, 5.74) is 0.594. The summed E-state index contributed by atoms with van der Waals surface area (Å²) in [4.78, 5) is 0. The first kappa shape index (κ1) is 11.9. The molecule has 0 radical (unpaired) electrons. The van der Waals surface area contributed by atoms with Crippen molar-refractivity contribution in [1.82, 2.24) is 4.31 Å². The number of hydrogen-bond donors (Lipinski definition) is 1. The van der Waals surface area contributed by atoms with E-state index < -0.39 is 10.2 Å². The lowest BCUT2D eigenvalue weighted by Crippen LogP contribution is -2.28. The van der Waals surface area contributed by atoms with Gasteiger partial charge in [0.1, 0.15) is 0 Å². The van der Waals surface area contributed by atoms with Crippen molar-refractivity contribution in [2.45, 2.75) is 0 Å². The molecule has 0 saturated heterocycles. The van der Waals surface area contributed by atoms with Crippen molar-refractivity contribution < 1.29 is 8.42 Å². The molecule has 0 aromatic heterocycles. The normalized spacial score (nSPS) is 11.9. The predicted molar refractivity (Wildman–Crippen MR) is 70.2 cm³/mol. The van der Waals surface area contributed by atoms with Gasteiger partial charge >= 0.3 is 10.2 Å². The lowest BCUT2D eigenvalue weighted by atomic mass is 10.1. The van der Waals surface area contributed by atoms with Crippen LogP contribution < -0.4 is 4.72 Å². The third-order valence-electron chi connectivity index (χ3n) is 2.51. The quantitative estimate of drug-likeness (QED) is 0.906. The van der Waals surface area contributed by atoms with Gasteiger partial charge in [-0.2, -0.15) is 12.7 Å². The average molecular weight is 250 g/mol. The van der Waals surface area contributed by atoms with Crippen molar-refractivity contribution in [3.63, 3.8) is 0 Å². The molecule has 0 aliphatic rings. The van der Waals surface area contributed by atoms with E-state index in [1.54, 1.807) is 6.07 Å². The molecule has 4 nitrogen and oxygen atoms in total. The van der Waals surface area contributed by atoms with Crippen LogP contribution in [0.4, 0.5) is 5.69 Å². The Morgan fingerprint density at radius 3 is 2.35 bits per heavy atom. The fourth-order valence-corrected chi connectivity index (χ4v) is 2.18. The SMILES string of the molecule is CN(C)S(=O)(=O)Nc1cccc2ccccc12. The van der Waals surface area contributed by atoms with E-state index in [1.807, 2.05) is 36.4 Å². The smallest absolute Gasteiger partial charge is 0.270 e. The minimum absolute atomic E-state index is 0.594. The van der Waals surface area contributed by atoms with Crippen molar-refractivity contribution in [2.24, 2.45) is 0 Å². The Kier molecular flexibility index (Phi) is 3.04. The zero-order valence-electron chi connectivity index (χ0n) is 9.71. The van der Waals surface area contributed by atoms with Gasteiger partial charge in [0.05, 0.1) is 5.69 Å². The fourth-order valence-electron chi connectivity index (χ4n) is 1.54. The van der Waals surface area contributed by atoms with Gasteiger partial charge in [-0.3, -0.25) is 4.72 Å². The summed E-state index contributed by atoms with van der Waals surface area (Å²) in [5.74, 6) is 0. The zero-order valence-corrected chi connectivity index (χ0v) is 10.5. The molecule has 2 aromatic rings. The number of nitrogens with one attached hydrogen (secondary N) is 1. The van der Waals surface area contributed by atoms with Gasteiger partial charge in [0.2, 0.25) is 0 Å². The Bertz CT molecular complexity index is 631. The van der Waals surface area contributed by atoms with E-state index in [9.17, 15) is 8.42 Å². The number of rotatable bonds is 3. The summed E-state index contributed by atoms with van der Waals surface area (Å²) in [6.45, 7) is 0. The van der Waals surface area contributed by atoms with Gasteiger partial charge in [0.15, 0.2) is 0 Å². The largest absolute Gasteiger partial charge is 0.301 e. The lowest BCUT2D eigenvalue weighted by molar-refractivity contribution is 0.527. The molecule has 2 rings (SSSR count). The minimum Gasteiger partial charge on any atom is -0.270 e. The summed E-state index contributed by atoms with van der Waals surface area (Å²) < 4.78 is 27.2. The number of hydrogen-bond acceptors (Lipinski definition) is 2. The van der Waals surface area contributed by atoms with Crippen molar-refractivity contribution in [2.75, 3.05) is 18.8 Å². The molecule has 0 bridgehead atoms. The Morgan fingerprint density at radius 1 is 1.00 bits per heavy atom. The molecule has 5 heteroatoms. The van der Waals surface area contributed by atoms with E-state index in [0.29, 0.717) is 5.69 Å². The van der Waals surface area contributed by atoms with Gasteiger partial charge < -0.3 is 0 Å². The van der Waals surface area contributed by atoms with Gasteiger partial charge in [-0.1, -0.05) is 36.4 Å². The van der Waals surface area contributed by atoms with Gasteiger partial charge in [-0.15, -0.1) is 0 Å². The molecule has 0 spiro atoms. The van der Waals surface area contributed by atoms with Crippen LogP contribution in [0.25, 0.3) is 10.8 Å². The Morgan fingerprint density at radius 2 is 1.65 bits per heavy atom. The predicted octanol–water partition coefficient (Wildman–Crippen LogP) is 2.06. The highest BCUT2D eigenvalue weighted by Crippen LogP contribution is 2.23. The van der Waals surface area contributed by atoms with Crippen LogP contribution in [0, 0.1) is 0 Å². The van der Waals surface area contributed by atoms with Crippen LogP contribution in [-0.2, 0) is 10.2 Å². The Balaban J connectivity index is 2.50. The van der Waals surface area contributed by atoms with Gasteiger partial charge in [0, 0.05) is 19.5 Å². The summed E-state index contributed by atoms with van der Waals surface area (Å²) in [6.07, 6.45) is 0. The third-order valence-corrected chi connectivity index (χ3v) is 3.95. The summed E-state index contributed by atoms with van der Waals surface area (Å²) in [5, 5.41) is 1.90. The minimum atomic E-state index is -3.46. The monoisotopic (exact) mass is 250 g/mol. The molecule has 0 heterocycles. The molecule has 17 heavy (non-hydrogen) atoms. The average Bonchev–Trinajstić information content (AvgIpc) is 2.29. The second kappa shape index (κ2) is 4.35. The molecule has 2 aromatic carbocycles. The van der Waals surface area contributed by atoms with Gasteiger partial charge in [0.25, 0.3) is 0 Å². The Labute approximate surface area is 101 Å². The summed E-state index contributed by atoms with van der Waals surface area (Å²) in [6, 6.07) is 13.2. The summed E-state index contributed by atoms with van der Waals surface area (Å²) in [7, 11) is -0.472. The van der Waals surface area contributed by atoms with E-state index in [0.717, 1.165) is 15.1 Å². The third kappa shape index (κ3) is 2.40. The molecular weight excluding hydrogens is 236 g/mol.